The van der Waals surface area contributed by atoms with Crippen LogP contribution < -0.4 is 0 Å². The van der Waals surface area contributed by atoms with E-state index in [4.69, 9.17) is 8.94 Å². The lowest BCUT2D eigenvalue weighted by molar-refractivity contribution is 0.412. The predicted molar refractivity (Wildman–Crippen MR) is 79.1 cm³/mol. The summed E-state index contributed by atoms with van der Waals surface area (Å²) in [5, 5.41) is 17.0. The van der Waals surface area contributed by atoms with E-state index in [0.717, 1.165) is 23.7 Å². The molecule has 1 aliphatic rings. The lowest BCUT2D eigenvalue weighted by Gasteiger charge is -2.09. The minimum Gasteiger partial charge on any atom is -0.461 e. The molecule has 0 atom stereocenters. The van der Waals surface area contributed by atoms with Gasteiger partial charge in [-0.1, -0.05) is 29.8 Å². The molecule has 1 saturated carbocycles. The van der Waals surface area contributed by atoms with E-state index >= 15 is 0 Å². The highest BCUT2D eigenvalue weighted by molar-refractivity contribution is 7.98. The van der Waals surface area contributed by atoms with Gasteiger partial charge in [0, 0.05) is 11.8 Å². The van der Waals surface area contributed by atoms with Gasteiger partial charge in [-0.3, -0.25) is 0 Å². The number of hydrogen-bond acceptors (Lipinski definition) is 7. The molecule has 0 unspecified atom stereocenters. The fourth-order valence-corrected chi connectivity index (χ4v) is 3.54. The normalized spacial score (nSPS) is 15.6. The van der Waals surface area contributed by atoms with Crippen molar-refractivity contribution in [3.63, 3.8) is 0 Å². The Morgan fingerprint density at radius 3 is 3.00 bits per heavy atom. The lowest BCUT2D eigenvalue weighted by Crippen LogP contribution is -2.08. The summed E-state index contributed by atoms with van der Waals surface area (Å²) in [5.74, 6) is 1.98. The average Bonchev–Trinajstić information content (AvgIpc) is 3.33. The van der Waals surface area contributed by atoms with Gasteiger partial charge in [-0.15, -0.1) is 5.10 Å². The summed E-state index contributed by atoms with van der Waals surface area (Å²) in [6, 6.07) is 5.99. The summed E-state index contributed by atoms with van der Waals surface area (Å²) >= 11 is 1.58. The second-order valence-electron chi connectivity index (χ2n) is 5.29. The summed E-state index contributed by atoms with van der Waals surface area (Å²) in [6.07, 6.45) is 6.44. The van der Waals surface area contributed by atoms with Crippen LogP contribution in [-0.4, -0.2) is 25.4 Å². The lowest BCUT2D eigenvalue weighted by atomic mass is 10.3. The molecule has 0 bridgehead atoms. The highest BCUT2D eigenvalue weighted by atomic mass is 32.2. The summed E-state index contributed by atoms with van der Waals surface area (Å²) in [4.78, 5) is 0. The third kappa shape index (κ3) is 2.66. The monoisotopic (exact) mass is 317 g/mol. The van der Waals surface area contributed by atoms with Crippen LogP contribution in [0.2, 0.25) is 0 Å². The summed E-state index contributed by atoms with van der Waals surface area (Å²) in [7, 11) is 0. The maximum atomic E-state index is 5.29. The van der Waals surface area contributed by atoms with Crippen molar-refractivity contribution in [2.45, 2.75) is 42.6 Å². The predicted octanol–water partition coefficient (Wildman–Crippen LogP) is 3.33. The van der Waals surface area contributed by atoms with Crippen LogP contribution in [0.25, 0.3) is 11.5 Å². The van der Waals surface area contributed by atoms with Gasteiger partial charge in [-0.05, 0) is 35.4 Å². The number of thioether (sulfide) groups is 1. The van der Waals surface area contributed by atoms with Crippen molar-refractivity contribution in [2.75, 3.05) is 0 Å². The minimum atomic E-state index is 0.438. The van der Waals surface area contributed by atoms with Crippen molar-refractivity contribution in [3.8, 4) is 11.5 Å². The van der Waals surface area contributed by atoms with Crippen molar-refractivity contribution in [1.29, 1.82) is 0 Å². The second kappa shape index (κ2) is 5.96. The highest BCUT2D eigenvalue weighted by Gasteiger charge is 2.22. The van der Waals surface area contributed by atoms with Crippen molar-refractivity contribution < 1.29 is 8.94 Å². The molecular formula is C14H15N5O2S. The van der Waals surface area contributed by atoms with Crippen LogP contribution in [0.15, 0.2) is 38.6 Å². The van der Waals surface area contributed by atoms with E-state index in [1.165, 1.54) is 12.8 Å². The van der Waals surface area contributed by atoms with Gasteiger partial charge < -0.3 is 8.94 Å². The minimum absolute atomic E-state index is 0.438. The molecule has 1 fully saturated rings. The van der Waals surface area contributed by atoms with Crippen LogP contribution in [0.4, 0.5) is 0 Å². The van der Waals surface area contributed by atoms with E-state index in [-0.39, 0.29) is 0 Å². The van der Waals surface area contributed by atoms with Crippen LogP contribution in [0, 0.1) is 0 Å². The summed E-state index contributed by atoms with van der Waals surface area (Å²) in [6.45, 7) is 0. The van der Waals surface area contributed by atoms with E-state index < -0.39 is 0 Å². The Morgan fingerprint density at radius 2 is 2.18 bits per heavy atom. The van der Waals surface area contributed by atoms with Crippen molar-refractivity contribution >= 4 is 11.8 Å². The van der Waals surface area contributed by atoms with E-state index in [9.17, 15) is 0 Å². The molecule has 3 aromatic heterocycles. The molecule has 0 saturated heterocycles. The average molecular weight is 317 g/mol. The fraction of sp³-hybridized carbons (Fsp3) is 0.429. The molecule has 0 spiro atoms. The van der Waals surface area contributed by atoms with Gasteiger partial charge in [0.15, 0.2) is 5.76 Å². The third-order valence-electron chi connectivity index (χ3n) is 3.81. The number of furan rings is 1. The Labute approximate surface area is 131 Å². The molecule has 0 radical (unpaired) electrons. The van der Waals surface area contributed by atoms with Gasteiger partial charge in [-0.25, -0.2) is 4.68 Å². The Kier molecular flexibility index (Phi) is 3.67. The quantitative estimate of drug-likeness (QED) is 0.667. The molecule has 7 nitrogen and oxygen atoms in total. The molecule has 1 aliphatic carbocycles. The Balaban J connectivity index is 1.44. The topological polar surface area (TPSA) is 82.8 Å². The molecule has 4 rings (SSSR count). The smallest absolute Gasteiger partial charge is 0.209 e. The van der Waals surface area contributed by atoms with Crippen LogP contribution in [0.3, 0.4) is 0 Å². The van der Waals surface area contributed by atoms with Gasteiger partial charge in [-0.2, -0.15) is 0 Å². The van der Waals surface area contributed by atoms with Gasteiger partial charge in [0.1, 0.15) is 0 Å². The van der Waals surface area contributed by atoms with Crippen molar-refractivity contribution in [3.05, 3.63) is 30.2 Å². The second-order valence-corrected chi connectivity index (χ2v) is 6.24. The number of hydrogen-bond donors (Lipinski definition) is 0. The van der Waals surface area contributed by atoms with Crippen molar-refractivity contribution in [2.24, 2.45) is 0 Å². The number of rotatable bonds is 5. The fourth-order valence-electron chi connectivity index (χ4n) is 2.71. The first-order valence-electron chi connectivity index (χ1n) is 7.30. The van der Waals surface area contributed by atoms with Crippen LogP contribution in [0.5, 0.6) is 0 Å². The Hall–Kier alpha value is -2.09. The zero-order valence-electron chi connectivity index (χ0n) is 11.9. The molecule has 114 valence electrons. The van der Waals surface area contributed by atoms with Gasteiger partial charge in [0.05, 0.1) is 18.0 Å². The van der Waals surface area contributed by atoms with Gasteiger partial charge >= 0.3 is 0 Å². The van der Waals surface area contributed by atoms with E-state index in [2.05, 4.69) is 20.7 Å². The third-order valence-corrected chi connectivity index (χ3v) is 4.77. The molecule has 22 heavy (non-hydrogen) atoms. The summed E-state index contributed by atoms with van der Waals surface area (Å²) in [5.41, 5.74) is 0.845. The molecule has 8 heteroatoms. The molecule has 0 aliphatic heterocycles. The summed E-state index contributed by atoms with van der Waals surface area (Å²) < 4.78 is 12.5. The highest BCUT2D eigenvalue weighted by Crippen LogP contribution is 2.32. The zero-order chi connectivity index (χ0) is 14.8. The van der Waals surface area contributed by atoms with E-state index in [0.29, 0.717) is 23.3 Å². The van der Waals surface area contributed by atoms with Crippen LogP contribution in [0.1, 0.15) is 37.4 Å². The maximum Gasteiger partial charge on any atom is 0.209 e. The first-order chi connectivity index (χ1) is 10.9. The maximum absolute atomic E-state index is 5.29. The zero-order valence-corrected chi connectivity index (χ0v) is 12.7. The van der Waals surface area contributed by atoms with E-state index in [1.807, 2.05) is 22.9 Å². The van der Waals surface area contributed by atoms with Crippen LogP contribution in [-0.2, 0) is 5.75 Å². The number of tetrazole rings is 1. The Bertz CT molecular complexity index is 730. The molecule has 3 aromatic rings. The molecular weight excluding hydrogens is 302 g/mol. The Morgan fingerprint density at radius 1 is 1.27 bits per heavy atom. The number of nitrogens with zero attached hydrogens (tertiary/aromatic N) is 5. The largest absolute Gasteiger partial charge is 0.461 e. The molecule has 0 aromatic carbocycles. The SMILES string of the molecule is c1coc(-c2cc(CSc3nnnn3C3CCCC3)no2)c1. The first kappa shape index (κ1) is 13.6. The van der Waals surface area contributed by atoms with Gasteiger partial charge in [0.2, 0.25) is 10.9 Å². The standard InChI is InChI=1S/C14H15N5O2S/c1-2-5-11(4-1)19-14(15-17-18-19)22-9-10-8-13(21-16-10)12-6-3-7-20-12/h3,6-8,11H,1-2,4-5,9H2. The molecule has 3 heterocycles. The van der Waals surface area contributed by atoms with Gasteiger partial charge in [0.25, 0.3) is 0 Å². The first-order valence-corrected chi connectivity index (χ1v) is 8.29. The van der Waals surface area contributed by atoms with E-state index in [1.54, 1.807) is 18.0 Å². The molecule has 0 amide bonds. The van der Waals surface area contributed by atoms with Crippen LogP contribution >= 0.6 is 11.8 Å². The van der Waals surface area contributed by atoms with Crippen molar-refractivity contribution in [1.82, 2.24) is 25.4 Å². The molecule has 0 N–H and O–H groups in total. The number of aromatic nitrogens is 5.